The number of nitrogens with two attached hydrogens (primary N) is 1. The summed E-state index contributed by atoms with van der Waals surface area (Å²) in [6.45, 7) is 2.80. The standard InChI is InChI=1S/C19H14ClF3N2O3/c1-7(18(24)27)14-8(2)25(13-6-12(22)17(26)16(23)15(13)14)19(28)9-3-4-10(20)11(21)5-9/h3-7,26H,1-2H3,(H2,24,27). The van der Waals surface area contributed by atoms with E-state index in [0.717, 1.165) is 16.7 Å². The van der Waals surface area contributed by atoms with Crippen LogP contribution in [0.2, 0.25) is 5.02 Å². The number of hydrogen-bond donors (Lipinski definition) is 2. The van der Waals surface area contributed by atoms with Crippen LogP contribution in [0, 0.1) is 24.4 Å². The molecule has 9 heteroatoms. The quantitative estimate of drug-likeness (QED) is 0.684. The predicted molar refractivity (Wildman–Crippen MR) is 97.0 cm³/mol. The van der Waals surface area contributed by atoms with Crippen LogP contribution < -0.4 is 5.73 Å². The molecule has 0 radical (unpaired) electrons. The number of amides is 1. The number of benzene rings is 2. The number of carbonyl (C=O) groups is 2. The second-order valence-electron chi connectivity index (χ2n) is 6.31. The molecule has 5 nitrogen and oxygen atoms in total. The maximum atomic E-state index is 14.7. The molecule has 1 atom stereocenters. The van der Waals surface area contributed by atoms with Crippen LogP contribution in [0.25, 0.3) is 10.9 Å². The fourth-order valence-electron chi connectivity index (χ4n) is 3.20. The third-order valence-electron chi connectivity index (χ3n) is 4.64. The van der Waals surface area contributed by atoms with E-state index in [1.54, 1.807) is 0 Å². The fourth-order valence-corrected chi connectivity index (χ4v) is 3.32. The molecule has 28 heavy (non-hydrogen) atoms. The summed E-state index contributed by atoms with van der Waals surface area (Å²) in [6.07, 6.45) is 0. The van der Waals surface area contributed by atoms with Crippen molar-refractivity contribution in [1.29, 1.82) is 0 Å². The van der Waals surface area contributed by atoms with Gasteiger partial charge in [-0.25, -0.2) is 13.2 Å². The van der Waals surface area contributed by atoms with Gasteiger partial charge in [0, 0.05) is 22.7 Å². The number of phenolic OH excluding ortho intramolecular Hbond substituents is 1. The summed E-state index contributed by atoms with van der Waals surface area (Å²) in [5, 5.41) is 9.13. The van der Waals surface area contributed by atoms with Gasteiger partial charge in [-0.05, 0) is 37.6 Å². The molecule has 0 bridgehead atoms. The number of aromatic hydroxyl groups is 1. The lowest BCUT2D eigenvalue weighted by atomic mass is 9.97. The third kappa shape index (κ3) is 2.90. The van der Waals surface area contributed by atoms with Gasteiger partial charge in [0.1, 0.15) is 5.82 Å². The molecule has 3 N–H and O–H groups in total. The van der Waals surface area contributed by atoms with Crippen LogP contribution in [0.3, 0.4) is 0 Å². The van der Waals surface area contributed by atoms with E-state index in [4.69, 9.17) is 17.3 Å². The Hall–Kier alpha value is -3.00. The molecule has 2 aromatic carbocycles. The molecule has 0 saturated heterocycles. The lowest BCUT2D eigenvalue weighted by Crippen LogP contribution is -2.20. The van der Waals surface area contributed by atoms with E-state index in [1.807, 2.05) is 0 Å². The van der Waals surface area contributed by atoms with Crippen LogP contribution in [0.15, 0.2) is 24.3 Å². The Labute approximate surface area is 162 Å². The number of nitrogens with zero attached hydrogens (tertiary/aromatic N) is 1. The molecule has 1 heterocycles. The number of halogens is 4. The first kappa shape index (κ1) is 19.8. The van der Waals surface area contributed by atoms with Crippen LogP contribution in [-0.4, -0.2) is 21.5 Å². The largest absolute Gasteiger partial charge is 0.503 e. The highest BCUT2D eigenvalue weighted by Gasteiger charge is 2.30. The number of primary amides is 1. The average molecular weight is 411 g/mol. The summed E-state index contributed by atoms with van der Waals surface area (Å²) in [7, 11) is 0. The predicted octanol–water partition coefficient (Wildman–Crippen LogP) is 4.00. The van der Waals surface area contributed by atoms with Crippen LogP contribution in [0.5, 0.6) is 5.75 Å². The molecule has 1 unspecified atom stereocenters. The van der Waals surface area contributed by atoms with Crippen molar-refractivity contribution >= 4 is 34.3 Å². The average Bonchev–Trinajstić information content (AvgIpc) is 2.92. The summed E-state index contributed by atoms with van der Waals surface area (Å²) in [5.41, 5.74) is 5.09. The van der Waals surface area contributed by atoms with Crippen molar-refractivity contribution in [2.24, 2.45) is 5.73 Å². The van der Waals surface area contributed by atoms with Crippen molar-refractivity contribution in [3.63, 3.8) is 0 Å². The van der Waals surface area contributed by atoms with Crippen molar-refractivity contribution in [2.75, 3.05) is 0 Å². The molecule has 3 rings (SSSR count). The van der Waals surface area contributed by atoms with Crippen molar-refractivity contribution in [2.45, 2.75) is 19.8 Å². The lowest BCUT2D eigenvalue weighted by Gasteiger charge is -2.10. The molecule has 0 spiro atoms. The van der Waals surface area contributed by atoms with Crippen LogP contribution in [-0.2, 0) is 4.79 Å². The molecule has 0 aliphatic carbocycles. The maximum Gasteiger partial charge on any atom is 0.262 e. The third-order valence-corrected chi connectivity index (χ3v) is 4.94. The summed E-state index contributed by atoms with van der Waals surface area (Å²) in [5.74, 6) is -7.36. The minimum Gasteiger partial charge on any atom is -0.503 e. The van der Waals surface area contributed by atoms with E-state index in [1.165, 1.54) is 26.0 Å². The molecule has 1 aromatic heterocycles. The zero-order chi connectivity index (χ0) is 20.9. The number of fused-ring (bicyclic) bond motifs is 1. The van der Waals surface area contributed by atoms with Gasteiger partial charge < -0.3 is 10.8 Å². The van der Waals surface area contributed by atoms with E-state index in [0.29, 0.717) is 0 Å². The van der Waals surface area contributed by atoms with Crippen LogP contribution >= 0.6 is 11.6 Å². The van der Waals surface area contributed by atoms with Gasteiger partial charge in [-0.15, -0.1) is 0 Å². The first-order valence-electron chi connectivity index (χ1n) is 8.07. The van der Waals surface area contributed by atoms with E-state index >= 15 is 0 Å². The summed E-state index contributed by atoms with van der Waals surface area (Å²) in [4.78, 5) is 24.7. The first-order valence-corrected chi connectivity index (χ1v) is 8.45. The van der Waals surface area contributed by atoms with E-state index < -0.39 is 40.9 Å². The van der Waals surface area contributed by atoms with E-state index in [-0.39, 0.29) is 32.7 Å². The molecule has 1 amide bonds. The zero-order valence-corrected chi connectivity index (χ0v) is 15.4. The van der Waals surface area contributed by atoms with Crippen LogP contribution in [0.4, 0.5) is 13.2 Å². The Kier molecular flexibility index (Phi) is 4.84. The van der Waals surface area contributed by atoms with Gasteiger partial charge in [0.2, 0.25) is 5.91 Å². The van der Waals surface area contributed by atoms with Gasteiger partial charge in [0.25, 0.3) is 5.91 Å². The molecule has 3 aromatic rings. The van der Waals surface area contributed by atoms with E-state index in [9.17, 15) is 27.9 Å². The summed E-state index contributed by atoms with van der Waals surface area (Å²) in [6, 6.07) is 4.08. The molecular formula is C19H14ClF3N2O3. The van der Waals surface area contributed by atoms with E-state index in [2.05, 4.69) is 0 Å². The number of rotatable bonds is 3. The van der Waals surface area contributed by atoms with Gasteiger partial charge in [-0.1, -0.05) is 11.6 Å². The van der Waals surface area contributed by atoms with Gasteiger partial charge in [0.05, 0.1) is 16.5 Å². The van der Waals surface area contributed by atoms with Gasteiger partial charge in [-0.2, -0.15) is 0 Å². The SMILES string of the molecule is Cc1c(C(C)C(N)=O)c2c(F)c(O)c(F)cc2n1C(=O)c1ccc(Cl)c(F)c1. The number of hydrogen-bond acceptors (Lipinski definition) is 3. The lowest BCUT2D eigenvalue weighted by molar-refractivity contribution is -0.119. The molecular weight excluding hydrogens is 397 g/mol. The van der Waals surface area contributed by atoms with Crippen molar-refractivity contribution in [1.82, 2.24) is 4.57 Å². The summed E-state index contributed by atoms with van der Waals surface area (Å²) < 4.78 is 43.4. The van der Waals surface area contributed by atoms with Gasteiger partial charge in [-0.3, -0.25) is 14.2 Å². The Morgan fingerprint density at radius 3 is 2.39 bits per heavy atom. The Morgan fingerprint density at radius 1 is 1.18 bits per heavy atom. The summed E-state index contributed by atoms with van der Waals surface area (Å²) >= 11 is 5.63. The fraction of sp³-hybridized carbons (Fsp3) is 0.158. The van der Waals surface area contributed by atoms with Crippen LogP contribution in [0.1, 0.15) is 34.5 Å². The topological polar surface area (TPSA) is 85.3 Å². The molecule has 0 aliphatic rings. The monoisotopic (exact) mass is 410 g/mol. The Morgan fingerprint density at radius 2 is 1.82 bits per heavy atom. The Balaban J connectivity index is 2.39. The zero-order valence-electron chi connectivity index (χ0n) is 14.7. The van der Waals surface area contributed by atoms with Gasteiger partial charge in [0.15, 0.2) is 17.4 Å². The normalized spacial score (nSPS) is 12.4. The van der Waals surface area contributed by atoms with Gasteiger partial charge >= 0.3 is 0 Å². The minimum atomic E-state index is -1.32. The smallest absolute Gasteiger partial charge is 0.262 e. The highest BCUT2D eigenvalue weighted by Crippen LogP contribution is 2.38. The maximum absolute atomic E-state index is 14.7. The second-order valence-corrected chi connectivity index (χ2v) is 6.71. The molecule has 0 aliphatic heterocycles. The number of aromatic nitrogens is 1. The molecule has 0 fully saturated rings. The highest BCUT2D eigenvalue weighted by atomic mass is 35.5. The second kappa shape index (κ2) is 6.87. The number of phenols is 1. The van der Waals surface area contributed by atoms with Crippen molar-refractivity contribution in [3.8, 4) is 5.75 Å². The first-order chi connectivity index (χ1) is 13.1. The number of carbonyl (C=O) groups excluding carboxylic acids is 2. The highest BCUT2D eigenvalue weighted by molar-refractivity contribution is 6.30. The Bertz CT molecular complexity index is 1160. The molecule has 146 valence electrons. The van der Waals surface area contributed by atoms with Crippen molar-refractivity contribution < 1.29 is 27.9 Å². The van der Waals surface area contributed by atoms with Crippen molar-refractivity contribution in [3.05, 3.63) is 63.6 Å². The molecule has 0 saturated carbocycles. The minimum absolute atomic E-state index is 0.0260.